The Hall–Kier alpha value is -0.600. The lowest BCUT2D eigenvalue weighted by Gasteiger charge is -2.12. The van der Waals surface area contributed by atoms with Gasteiger partial charge in [0.15, 0.2) is 6.29 Å². The molecule has 0 saturated heterocycles. The summed E-state index contributed by atoms with van der Waals surface area (Å²) in [4.78, 5) is 0. The van der Waals surface area contributed by atoms with E-state index in [0.29, 0.717) is 13.2 Å². The Labute approximate surface area is 94.0 Å². The van der Waals surface area contributed by atoms with E-state index in [1.165, 1.54) is 0 Å². The minimum Gasteiger partial charge on any atom is -0.349 e. The maximum absolute atomic E-state index is 5.38. The third-order valence-electron chi connectivity index (χ3n) is 1.86. The second kappa shape index (κ2) is 11.5. The van der Waals surface area contributed by atoms with Crippen molar-refractivity contribution in [1.82, 2.24) is 0 Å². The average molecular weight is 212 g/mol. The molecule has 0 spiro atoms. The van der Waals surface area contributed by atoms with E-state index in [2.05, 4.69) is 25.2 Å². The van der Waals surface area contributed by atoms with E-state index in [-0.39, 0.29) is 6.29 Å². The molecule has 0 atom stereocenters. The fourth-order valence-corrected chi connectivity index (χ4v) is 1.17. The van der Waals surface area contributed by atoms with Crippen molar-refractivity contribution in [3.05, 3.63) is 24.3 Å². The fourth-order valence-electron chi connectivity index (χ4n) is 1.17. The van der Waals surface area contributed by atoms with Crippen molar-refractivity contribution >= 4 is 0 Å². The Morgan fingerprint density at radius 2 is 1.47 bits per heavy atom. The summed E-state index contributed by atoms with van der Waals surface area (Å²) >= 11 is 0. The number of hydrogen-bond donors (Lipinski definition) is 0. The lowest BCUT2D eigenvalue weighted by Crippen LogP contribution is -2.13. The summed E-state index contributed by atoms with van der Waals surface area (Å²) in [5.41, 5.74) is 0. The first-order valence-corrected chi connectivity index (χ1v) is 5.89. The monoisotopic (exact) mass is 212 g/mol. The highest BCUT2D eigenvalue weighted by Crippen LogP contribution is 2.00. The van der Waals surface area contributed by atoms with Crippen LogP contribution in [0.15, 0.2) is 24.3 Å². The molecule has 0 aliphatic carbocycles. The van der Waals surface area contributed by atoms with Crippen LogP contribution < -0.4 is 0 Å². The number of unbranched alkanes of at least 4 members (excludes halogenated alkanes) is 1. The predicted molar refractivity (Wildman–Crippen MR) is 64.8 cm³/mol. The van der Waals surface area contributed by atoms with Gasteiger partial charge in [-0.1, -0.05) is 25.2 Å². The van der Waals surface area contributed by atoms with Crippen LogP contribution in [-0.2, 0) is 9.47 Å². The summed E-state index contributed by atoms with van der Waals surface area (Å²) < 4.78 is 10.8. The average Bonchev–Trinajstić information content (AvgIpc) is 2.24. The topological polar surface area (TPSA) is 18.5 Å². The molecule has 0 bridgehead atoms. The van der Waals surface area contributed by atoms with E-state index in [4.69, 9.17) is 9.47 Å². The SMILES string of the molecule is CC/C=C\CC/C=C\C(OCC)OCC. The molecule has 0 radical (unpaired) electrons. The van der Waals surface area contributed by atoms with E-state index in [1.807, 2.05) is 19.9 Å². The Bertz CT molecular complexity index is 167. The van der Waals surface area contributed by atoms with E-state index in [0.717, 1.165) is 19.3 Å². The first-order valence-electron chi connectivity index (χ1n) is 5.89. The second-order valence-corrected chi connectivity index (χ2v) is 3.16. The van der Waals surface area contributed by atoms with Gasteiger partial charge >= 0.3 is 0 Å². The molecule has 0 rings (SSSR count). The maximum atomic E-state index is 5.38. The molecular formula is C13H24O2. The van der Waals surface area contributed by atoms with E-state index in [1.54, 1.807) is 0 Å². The van der Waals surface area contributed by atoms with Gasteiger partial charge in [0, 0.05) is 13.2 Å². The zero-order chi connectivity index (χ0) is 11.4. The standard InChI is InChI=1S/C13H24O2/c1-4-7-8-9-10-11-12-13(14-5-2)15-6-3/h7-8,11-13H,4-6,9-10H2,1-3H3/b8-7-,12-11-. The van der Waals surface area contributed by atoms with Crippen molar-refractivity contribution in [2.24, 2.45) is 0 Å². The Morgan fingerprint density at radius 1 is 0.867 bits per heavy atom. The summed E-state index contributed by atoms with van der Waals surface area (Å²) in [6.45, 7) is 7.47. The fraction of sp³-hybridized carbons (Fsp3) is 0.692. The Balaban J connectivity index is 3.64. The molecule has 0 heterocycles. The first-order chi connectivity index (χ1) is 7.35. The van der Waals surface area contributed by atoms with E-state index < -0.39 is 0 Å². The van der Waals surface area contributed by atoms with Crippen LogP contribution in [0.1, 0.15) is 40.0 Å². The zero-order valence-electron chi connectivity index (χ0n) is 10.2. The summed E-state index contributed by atoms with van der Waals surface area (Å²) in [5, 5.41) is 0. The van der Waals surface area contributed by atoms with Gasteiger partial charge < -0.3 is 9.47 Å². The van der Waals surface area contributed by atoms with E-state index in [9.17, 15) is 0 Å². The van der Waals surface area contributed by atoms with Gasteiger partial charge in [0.1, 0.15) is 0 Å². The molecule has 0 aromatic heterocycles. The molecule has 0 aliphatic rings. The van der Waals surface area contributed by atoms with Crippen molar-refractivity contribution < 1.29 is 9.47 Å². The summed E-state index contributed by atoms with van der Waals surface area (Å²) in [6, 6.07) is 0. The van der Waals surface area contributed by atoms with Gasteiger partial charge in [-0.15, -0.1) is 0 Å². The number of hydrogen-bond acceptors (Lipinski definition) is 2. The molecule has 2 nitrogen and oxygen atoms in total. The van der Waals surface area contributed by atoms with Crippen LogP contribution in [0.2, 0.25) is 0 Å². The maximum Gasteiger partial charge on any atom is 0.176 e. The molecule has 88 valence electrons. The molecular weight excluding hydrogens is 188 g/mol. The van der Waals surface area contributed by atoms with Gasteiger partial charge in [0.05, 0.1) is 0 Å². The largest absolute Gasteiger partial charge is 0.349 e. The van der Waals surface area contributed by atoms with Crippen molar-refractivity contribution in [2.75, 3.05) is 13.2 Å². The van der Waals surface area contributed by atoms with Crippen LogP contribution in [0.5, 0.6) is 0 Å². The molecule has 0 amide bonds. The van der Waals surface area contributed by atoms with Crippen molar-refractivity contribution in [1.29, 1.82) is 0 Å². The van der Waals surface area contributed by atoms with Crippen LogP contribution in [0.25, 0.3) is 0 Å². The van der Waals surface area contributed by atoms with Crippen LogP contribution >= 0.6 is 0 Å². The lowest BCUT2D eigenvalue weighted by atomic mass is 10.2. The Kier molecular flexibility index (Phi) is 11.0. The quantitative estimate of drug-likeness (QED) is 0.330. The van der Waals surface area contributed by atoms with Crippen LogP contribution in [0.3, 0.4) is 0 Å². The van der Waals surface area contributed by atoms with Crippen LogP contribution in [0.4, 0.5) is 0 Å². The van der Waals surface area contributed by atoms with Gasteiger partial charge in [-0.2, -0.15) is 0 Å². The number of allylic oxidation sites excluding steroid dienone is 3. The van der Waals surface area contributed by atoms with Crippen LogP contribution in [0, 0.1) is 0 Å². The highest BCUT2D eigenvalue weighted by Gasteiger charge is 2.00. The van der Waals surface area contributed by atoms with Gasteiger partial charge in [-0.3, -0.25) is 0 Å². The number of rotatable bonds is 9. The van der Waals surface area contributed by atoms with E-state index >= 15 is 0 Å². The lowest BCUT2D eigenvalue weighted by molar-refractivity contribution is -0.104. The van der Waals surface area contributed by atoms with Gasteiger partial charge in [0.2, 0.25) is 0 Å². The highest BCUT2D eigenvalue weighted by molar-refractivity contribution is 4.89. The molecule has 0 saturated carbocycles. The minimum absolute atomic E-state index is 0.171. The predicted octanol–water partition coefficient (Wildman–Crippen LogP) is 3.69. The third-order valence-corrected chi connectivity index (χ3v) is 1.86. The highest BCUT2D eigenvalue weighted by atomic mass is 16.7. The smallest absolute Gasteiger partial charge is 0.176 e. The third kappa shape index (κ3) is 9.70. The summed E-state index contributed by atoms with van der Waals surface area (Å²) in [5.74, 6) is 0. The Morgan fingerprint density at radius 3 is 2.00 bits per heavy atom. The van der Waals surface area contributed by atoms with Crippen LogP contribution in [-0.4, -0.2) is 19.5 Å². The molecule has 0 aromatic carbocycles. The van der Waals surface area contributed by atoms with Crippen molar-refractivity contribution in [2.45, 2.75) is 46.3 Å². The van der Waals surface area contributed by atoms with Gasteiger partial charge in [-0.05, 0) is 39.2 Å². The molecule has 15 heavy (non-hydrogen) atoms. The zero-order valence-corrected chi connectivity index (χ0v) is 10.2. The summed E-state index contributed by atoms with van der Waals surface area (Å²) in [6.07, 6.45) is 11.6. The summed E-state index contributed by atoms with van der Waals surface area (Å²) in [7, 11) is 0. The number of ether oxygens (including phenoxy) is 2. The molecule has 0 aromatic rings. The molecule has 0 unspecified atom stereocenters. The second-order valence-electron chi connectivity index (χ2n) is 3.16. The molecule has 2 heteroatoms. The first kappa shape index (κ1) is 14.4. The molecule has 0 fully saturated rings. The minimum atomic E-state index is -0.171. The van der Waals surface area contributed by atoms with Gasteiger partial charge in [-0.25, -0.2) is 0 Å². The normalized spacial score (nSPS) is 12.3. The van der Waals surface area contributed by atoms with Crippen molar-refractivity contribution in [3.8, 4) is 0 Å². The molecule has 0 N–H and O–H groups in total. The molecule has 0 aliphatic heterocycles. The van der Waals surface area contributed by atoms with Gasteiger partial charge in [0.25, 0.3) is 0 Å². The van der Waals surface area contributed by atoms with Crippen molar-refractivity contribution in [3.63, 3.8) is 0 Å².